The molecule has 2 aromatic carbocycles. The first-order chi connectivity index (χ1) is 9.15. The molecule has 0 aliphatic rings. The van der Waals surface area contributed by atoms with Gasteiger partial charge in [-0.15, -0.1) is 0 Å². The van der Waals surface area contributed by atoms with Crippen molar-refractivity contribution in [3.63, 3.8) is 0 Å². The number of aryl methyl sites for hydroxylation is 1. The highest BCUT2D eigenvalue weighted by molar-refractivity contribution is 5.82. The maximum Gasteiger partial charge on any atom is 0.208 e. The molecular weight excluding hydrogens is 236 g/mol. The van der Waals surface area contributed by atoms with E-state index < -0.39 is 0 Å². The van der Waals surface area contributed by atoms with Gasteiger partial charge in [-0.3, -0.25) is 0 Å². The molecule has 3 N–H and O–H groups in total. The summed E-state index contributed by atoms with van der Waals surface area (Å²) in [6.45, 7) is 2.09. The second-order valence-electron chi connectivity index (χ2n) is 4.68. The van der Waals surface area contributed by atoms with Crippen molar-refractivity contribution >= 4 is 28.4 Å². The van der Waals surface area contributed by atoms with Crippen LogP contribution in [0.1, 0.15) is 5.56 Å². The summed E-state index contributed by atoms with van der Waals surface area (Å²) in [5.74, 6) is 0.815. The molecule has 0 bridgehead atoms. The Morgan fingerprint density at radius 1 is 1.16 bits per heavy atom. The minimum Gasteiger partial charge on any atom is -0.399 e. The van der Waals surface area contributed by atoms with Crippen molar-refractivity contribution in [3.05, 3.63) is 48.0 Å². The summed E-state index contributed by atoms with van der Waals surface area (Å²) in [4.78, 5) is 9.93. The van der Waals surface area contributed by atoms with E-state index in [4.69, 9.17) is 5.73 Å². The quantitative estimate of drug-likeness (QED) is 0.688. The molecule has 0 spiro atoms. The Balaban J connectivity index is 2.07. The fourth-order valence-corrected chi connectivity index (χ4v) is 2.23. The largest absolute Gasteiger partial charge is 0.399 e. The van der Waals surface area contributed by atoms with Gasteiger partial charge < -0.3 is 15.6 Å². The van der Waals surface area contributed by atoms with Crippen molar-refractivity contribution < 1.29 is 0 Å². The van der Waals surface area contributed by atoms with Crippen LogP contribution >= 0.6 is 0 Å². The van der Waals surface area contributed by atoms with E-state index in [1.807, 2.05) is 42.3 Å². The molecule has 0 aliphatic carbocycles. The minimum absolute atomic E-state index is 0.737. The normalized spacial score (nSPS) is 10.8. The number of anilines is 3. The van der Waals surface area contributed by atoms with Crippen LogP contribution in [0.2, 0.25) is 0 Å². The van der Waals surface area contributed by atoms with Gasteiger partial charge in [0.25, 0.3) is 0 Å². The standard InChI is InChI=1S/C15H16N4/c1-10-5-3-4-6-14(10)19(2)15-17-12-8-7-11(16)9-13(12)18-15/h3-9H,16H2,1-2H3,(H,17,18). The summed E-state index contributed by atoms with van der Waals surface area (Å²) in [6, 6.07) is 13.9. The second-order valence-corrected chi connectivity index (χ2v) is 4.68. The molecule has 4 nitrogen and oxygen atoms in total. The first-order valence-electron chi connectivity index (χ1n) is 6.20. The zero-order valence-corrected chi connectivity index (χ0v) is 11.0. The van der Waals surface area contributed by atoms with E-state index in [1.165, 1.54) is 5.56 Å². The van der Waals surface area contributed by atoms with Crippen LogP contribution in [0.3, 0.4) is 0 Å². The lowest BCUT2D eigenvalue weighted by Gasteiger charge is -2.18. The lowest BCUT2D eigenvalue weighted by atomic mass is 10.2. The summed E-state index contributed by atoms with van der Waals surface area (Å²) < 4.78 is 0. The van der Waals surface area contributed by atoms with Gasteiger partial charge in [-0.25, -0.2) is 4.98 Å². The first-order valence-corrected chi connectivity index (χ1v) is 6.20. The van der Waals surface area contributed by atoms with Gasteiger partial charge in [0.15, 0.2) is 0 Å². The Morgan fingerprint density at radius 3 is 2.74 bits per heavy atom. The lowest BCUT2D eigenvalue weighted by molar-refractivity contribution is 1.09. The number of hydrogen-bond donors (Lipinski definition) is 2. The molecule has 0 fully saturated rings. The molecule has 0 aliphatic heterocycles. The van der Waals surface area contributed by atoms with E-state index in [9.17, 15) is 0 Å². The number of para-hydroxylation sites is 1. The molecule has 96 valence electrons. The van der Waals surface area contributed by atoms with E-state index >= 15 is 0 Å². The summed E-state index contributed by atoms with van der Waals surface area (Å²) in [7, 11) is 2.00. The number of benzene rings is 2. The van der Waals surface area contributed by atoms with Crippen LogP contribution in [0.15, 0.2) is 42.5 Å². The van der Waals surface area contributed by atoms with Crippen molar-refractivity contribution in [2.24, 2.45) is 0 Å². The average molecular weight is 252 g/mol. The molecule has 0 amide bonds. The van der Waals surface area contributed by atoms with Gasteiger partial charge in [-0.05, 0) is 36.8 Å². The molecule has 1 aromatic heterocycles. The number of hydrogen-bond acceptors (Lipinski definition) is 3. The summed E-state index contributed by atoms with van der Waals surface area (Å²) in [6.07, 6.45) is 0. The van der Waals surface area contributed by atoms with Gasteiger partial charge >= 0.3 is 0 Å². The molecule has 0 radical (unpaired) electrons. The fraction of sp³-hybridized carbons (Fsp3) is 0.133. The van der Waals surface area contributed by atoms with Crippen molar-refractivity contribution in [1.29, 1.82) is 0 Å². The van der Waals surface area contributed by atoms with Gasteiger partial charge in [0.1, 0.15) is 0 Å². The predicted octanol–water partition coefficient (Wildman–Crippen LogP) is 3.22. The SMILES string of the molecule is Cc1ccccc1N(C)c1nc2ccc(N)cc2[nH]1. The van der Waals surface area contributed by atoms with Crippen molar-refractivity contribution in [2.45, 2.75) is 6.92 Å². The third-order valence-corrected chi connectivity index (χ3v) is 3.29. The van der Waals surface area contributed by atoms with Crippen LogP contribution in [-0.2, 0) is 0 Å². The number of H-pyrrole nitrogens is 1. The summed E-state index contributed by atoms with van der Waals surface area (Å²) in [5, 5.41) is 0. The summed E-state index contributed by atoms with van der Waals surface area (Å²) in [5.41, 5.74) is 10.7. The van der Waals surface area contributed by atoms with Crippen LogP contribution in [0.25, 0.3) is 11.0 Å². The van der Waals surface area contributed by atoms with Gasteiger partial charge in [0.05, 0.1) is 11.0 Å². The van der Waals surface area contributed by atoms with Crippen molar-refractivity contribution in [1.82, 2.24) is 9.97 Å². The Labute approximate surface area is 111 Å². The number of nitrogen functional groups attached to an aromatic ring is 1. The van der Waals surface area contributed by atoms with E-state index in [0.29, 0.717) is 0 Å². The zero-order chi connectivity index (χ0) is 13.4. The van der Waals surface area contributed by atoms with Gasteiger partial charge in [0, 0.05) is 18.4 Å². The topological polar surface area (TPSA) is 57.9 Å². The molecule has 0 unspecified atom stereocenters. The second kappa shape index (κ2) is 4.31. The Bertz CT molecular complexity index is 730. The molecule has 3 rings (SSSR count). The van der Waals surface area contributed by atoms with E-state index in [2.05, 4.69) is 29.0 Å². The minimum atomic E-state index is 0.737. The summed E-state index contributed by atoms with van der Waals surface area (Å²) >= 11 is 0. The molecule has 19 heavy (non-hydrogen) atoms. The Morgan fingerprint density at radius 2 is 1.95 bits per heavy atom. The highest BCUT2D eigenvalue weighted by Gasteiger charge is 2.10. The van der Waals surface area contributed by atoms with E-state index in [0.717, 1.165) is 28.4 Å². The molecule has 3 aromatic rings. The number of nitrogens with two attached hydrogens (primary N) is 1. The van der Waals surface area contributed by atoms with Crippen LogP contribution in [-0.4, -0.2) is 17.0 Å². The number of rotatable bonds is 2. The Kier molecular flexibility index (Phi) is 2.63. The average Bonchev–Trinajstić information content (AvgIpc) is 2.81. The smallest absolute Gasteiger partial charge is 0.208 e. The lowest BCUT2D eigenvalue weighted by Crippen LogP contribution is -2.12. The van der Waals surface area contributed by atoms with Crippen LogP contribution in [0.4, 0.5) is 17.3 Å². The molecule has 0 saturated carbocycles. The first kappa shape index (κ1) is 11.6. The van der Waals surface area contributed by atoms with Crippen LogP contribution < -0.4 is 10.6 Å². The van der Waals surface area contributed by atoms with Crippen LogP contribution in [0.5, 0.6) is 0 Å². The number of aromatic amines is 1. The molecule has 0 atom stereocenters. The number of fused-ring (bicyclic) bond motifs is 1. The van der Waals surface area contributed by atoms with E-state index in [1.54, 1.807) is 0 Å². The number of imidazole rings is 1. The monoisotopic (exact) mass is 252 g/mol. The third kappa shape index (κ3) is 2.01. The molecule has 1 heterocycles. The maximum absolute atomic E-state index is 5.78. The van der Waals surface area contributed by atoms with Crippen molar-refractivity contribution in [3.8, 4) is 0 Å². The predicted molar refractivity (Wildman–Crippen MR) is 79.7 cm³/mol. The van der Waals surface area contributed by atoms with E-state index in [-0.39, 0.29) is 0 Å². The third-order valence-electron chi connectivity index (χ3n) is 3.29. The molecule has 0 saturated heterocycles. The zero-order valence-electron chi connectivity index (χ0n) is 11.0. The fourth-order valence-electron chi connectivity index (χ4n) is 2.23. The number of aromatic nitrogens is 2. The maximum atomic E-state index is 5.78. The molecule has 4 heteroatoms. The highest BCUT2D eigenvalue weighted by Crippen LogP contribution is 2.26. The van der Waals surface area contributed by atoms with Gasteiger partial charge in [-0.1, -0.05) is 18.2 Å². The molecular formula is C15H16N4. The number of nitrogens with one attached hydrogen (secondary N) is 1. The van der Waals surface area contributed by atoms with Gasteiger partial charge in [-0.2, -0.15) is 0 Å². The highest BCUT2D eigenvalue weighted by atomic mass is 15.2. The van der Waals surface area contributed by atoms with Crippen molar-refractivity contribution in [2.75, 3.05) is 17.7 Å². The van der Waals surface area contributed by atoms with Crippen LogP contribution in [0, 0.1) is 6.92 Å². The Hall–Kier alpha value is -2.49. The van der Waals surface area contributed by atoms with Gasteiger partial charge in [0.2, 0.25) is 5.95 Å². The number of nitrogens with zero attached hydrogens (tertiary/aromatic N) is 2.